The second-order valence-corrected chi connectivity index (χ2v) is 4.85. The number of piperidine rings is 1. The van der Waals surface area contributed by atoms with Crippen molar-refractivity contribution in [2.75, 3.05) is 19.9 Å². The second-order valence-electron chi connectivity index (χ2n) is 4.85. The Balaban J connectivity index is 2.13. The van der Waals surface area contributed by atoms with Crippen molar-refractivity contribution >= 4 is 23.4 Å². The number of rotatable bonds is 3. The number of methoxy groups -OCH3 is 1. The van der Waals surface area contributed by atoms with Crippen molar-refractivity contribution < 1.29 is 19.1 Å². The van der Waals surface area contributed by atoms with Crippen LogP contribution in [0.3, 0.4) is 0 Å². The average Bonchev–Trinajstić information content (AvgIpc) is 2.47. The molecule has 0 saturated carbocycles. The van der Waals surface area contributed by atoms with E-state index in [0.717, 1.165) is 4.90 Å². The number of amides is 3. The van der Waals surface area contributed by atoms with Crippen molar-refractivity contribution in [3.63, 3.8) is 0 Å². The molecule has 1 aromatic carbocycles. The van der Waals surface area contributed by atoms with E-state index in [2.05, 4.69) is 5.32 Å². The Bertz CT molecular complexity index is 600. The van der Waals surface area contributed by atoms with E-state index in [0.29, 0.717) is 23.4 Å². The standard InChI is InChI=1S/C14H17N3O4/c1-17-12(18)4-3-11(14(17)20)16-13(19)8-5-9(15)7-10(6-8)21-2/h5-7,11H,3-4,15H2,1-2H3,(H,16,19). The minimum absolute atomic E-state index is 0.230. The van der Waals surface area contributed by atoms with E-state index < -0.39 is 17.9 Å². The first-order valence-corrected chi connectivity index (χ1v) is 6.48. The van der Waals surface area contributed by atoms with Crippen molar-refractivity contribution in [1.29, 1.82) is 0 Å². The zero-order valence-electron chi connectivity index (χ0n) is 11.9. The fourth-order valence-electron chi connectivity index (χ4n) is 2.16. The van der Waals surface area contributed by atoms with Crippen LogP contribution in [0.1, 0.15) is 23.2 Å². The molecule has 3 amide bonds. The number of imide groups is 1. The number of nitrogens with zero attached hydrogens (tertiary/aromatic N) is 1. The molecule has 1 fully saturated rings. The zero-order valence-corrected chi connectivity index (χ0v) is 11.9. The molecule has 1 aliphatic heterocycles. The number of anilines is 1. The van der Waals surface area contributed by atoms with E-state index in [1.807, 2.05) is 0 Å². The number of carbonyl (C=O) groups is 3. The van der Waals surface area contributed by atoms with Gasteiger partial charge in [0.25, 0.3) is 11.8 Å². The summed E-state index contributed by atoms with van der Waals surface area (Å²) >= 11 is 0. The Labute approximate surface area is 122 Å². The highest BCUT2D eigenvalue weighted by Gasteiger charge is 2.32. The van der Waals surface area contributed by atoms with Crippen LogP contribution in [0.25, 0.3) is 0 Å². The lowest BCUT2D eigenvalue weighted by Gasteiger charge is -2.28. The number of ether oxygens (including phenoxy) is 1. The highest BCUT2D eigenvalue weighted by molar-refractivity contribution is 6.03. The summed E-state index contributed by atoms with van der Waals surface area (Å²) in [5, 5.41) is 2.62. The number of nitrogen functional groups attached to an aromatic ring is 1. The second kappa shape index (κ2) is 5.82. The molecule has 7 heteroatoms. The van der Waals surface area contributed by atoms with Gasteiger partial charge in [-0.05, 0) is 18.6 Å². The molecule has 1 saturated heterocycles. The SMILES string of the molecule is COc1cc(N)cc(C(=O)NC2CCC(=O)N(C)C2=O)c1. The van der Waals surface area contributed by atoms with E-state index in [-0.39, 0.29) is 12.3 Å². The smallest absolute Gasteiger partial charge is 0.252 e. The number of nitrogens with two attached hydrogens (primary N) is 1. The minimum atomic E-state index is -0.701. The van der Waals surface area contributed by atoms with Crippen LogP contribution in [0.5, 0.6) is 5.75 Å². The number of likely N-dealkylation sites (tertiary alicyclic amines) is 1. The molecule has 7 nitrogen and oxygen atoms in total. The van der Waals surface area contributed by atoms with Gasteiger partial charge in [0.2, 0.25) is 5.91 Å². The van der Waals surface area contributed by atoms with Crippen LogP contribution < -0.4 is 15.8 Å². The molecular formula is C14H17N3O4. The predicted molar refractivity (Wildman–Crippen MR) is 75.7 cm³/mol. The quantitative estimate of drug-likeness (QED) is 0.610. The van der Waals surface area contributed by atoms with E-state index in [1.54, 1.807) is 6.07 Å². The number of hydrogen-bond donors (Lipinski definition) is 2. The third kappa shape index (κ3) is 3.13. The fraction of sp³-hybridized carbons (Fsp3) is 0.357. The lowest BCUT2D eigenvalue weighted by molar-refractivity contribution is -0.147. The van der Waals surface area contributed by atoms with Crippen molar-refractivity contribution in [1.82, 2.24) is 10.2 Å². The van der Waals surface area contributed by atoms with Gasteiger partial charge in [0.05, 0.1) is 7.11 Å². The zero-order chi connectivity index (χ0) is 15.6. The van der Waals surface area contributed by atoms with Gasteiger partial charge in [0.15, 0.2) is 0 Å². The normalized spacial score (nSPS) is 18.6. The van der Waals surface area contributed by atoms with E-state index >= 15 is 0 Å². The molecule has 1 aromatic rings. The average molecular weight is 291 g/mol. The predicted octanol–water partition coefficient (Wildman–Crippen LogP) is 0.155. The van der Waals surface area contributed by atoms with Gasteiger partial charge in [-0.25, -0.2) is 0 Å². The summed E-state index contributed by atoms with van der Waals surface area (Å²) in [6, 6.07) is 3.93. The lowest BCUT2D eigenvalue weighted by atomic mass is 10.0. The van der Waals surface area contributed by atoms with Crippen LogP contribution in [0.15, 0.2) is 18.2 Å². The van der Waals surface area contributed by atoms with Gasteiger partial charge >= 0.3 is 0 Å². The van der Waals surface area contributed by atoms with Crippen molar-refractivity contribution in [3.05, 3.63) is 23.8 Å². The molecule has 3 N–H and O–H groups in total. The summed E-state index contributed by atoms with van der Waals surface area (Å²) in [6.07, 6.45) is 0.528. The first-order valence-electron chi connectivity index (χ1n) is 6.48. The summed E-state index contributed by atoms with van der Waals surface area (Å²) in [5.41, 5.74) is 6.39. The third-order valence-corrected chi connectivity index (χ3v) is 3.38. The van der Waals surface area contributed by atoms with E-state index in [1.165, 1.54) is 26.3 Å². The molecule has 112 valence electrons. The van der Waals surface area contributed by atoms with Crippen LogP contribution >= 0.6 is 0 Å². The molecule has 1 unspecified atom stereocenters. The number of nitrogens with one attached hydrogen (secondary N) is 1. The molecule has 0 aromatic heterocycles. The van der Waals surface area contributed by atoms with Crippen LogP contribution in [-0.2, 0) is 9.59 Å². The highest BCUT2D eigenvalue weighted by Crippen LogP contribution is 2.19. The molecular weight excluding hydrogens is 274 g/mol. The van der Waals surface area contributed by atoms with Crippen molar-refractivity contribution in [2.45, 2.75) is 18.9 Å². The monoisotopic (exact) mass is 291 g/mol. The topological polar surface area (TPSA) is 102 Å². The van der Waals surface area contributed by atoms with Gasteiger partial charge in [0.1, 0.15) is 11.8 Å². The van der Waals surface area contributed by atoms with Gasteiger partial charge in [-0.2, -0.15) is 0 Å². The molecule has 1 atom stereocenters. The summed E-state index contributed by atoms with van der Waals surface area (Å²) < 4.78 is 5.05. The van der Waals surface area contributed by atoms with Crippen molar-refractivity contribution in [3.8, 4) is 5.75 Å². The van der Waals surface area contributed by atoms with Gasteiger partial charge in [-0.3, -0.25) is 19.3 Å². The van der Waals surface area contributed by atoms with Gasteiger partial charge < -0.3 is 15.8 Å². The maximum Gasteiger partial charge on any atom is 0.252 e. The molecule has 1 aliphatic rings. The maximum absolute atomic E-state index is 12.2. The molecule has 2 rings (SSSR count). The van der Waals surface area contributed by atoms with E-state index in [4.69, 9.17) is 10.5 Å². The number of benzene rings is 1. The summed E-state index contributed by atoms with van der Waals surface area (Å²) in [7, 11) is 2.88. The summed E-state index contributed by atoms with van der Waals surface area (Å²) in [4.78, 5) is 36.6. The lowest BCUT2D eigenvalue weighted by Crippen LogP contribution is -2.52. The Morgan fingerprint density at radius 2 is 2.10 bits per heavy atom. The van der Waals surface area contributed by atoms with Gasteiger partial charge in [0, 0.05) is 30.8 Å². The third-order valence-electron chi connectivity index (χ3n) is 3.38. The Hall–Kier alpha value is -2.57. The van der Waals surface area contributed by atoms with Gasteiger partial charge in [-0.15, -0.1) is 0 Å². The number of likely N-dealkylation sites (N-methyl/N-ethyl adjacent to an activating group) is 1. The number of carbonyl (C=O) groups excluding carboxylic acids is 3. The van der Waals surface area contributed by atoms with Crippen LogP contribution in [0, 0.1) is 0 Å². The molecule has 0 aliphatic carbocycles. The summed E-state index contributed by atoms with van der Waals surface area (Å²) in [5.74, 6) is -0.615. The Morgan fingerprint density at radius 3 is 2.76 bits per heavy atom. The Morgan fingerprint density at radius 1 is 1.38 bits per heavy atom. The molecule has 0 spiro atoms. The fourth-order valence-corrected chi connectivity index (χ4v) is 2.16. The minimum Gasteiger partial charge on any atom is -0.497 e. The van der Waals surface area contributed by atoms with Gasteiger partial charge in [-0.1, -0.05) is 0 Å². The molecule has 1 heterocycles. The van der Waals surface area contributed by atoms with Crippen LogP contribution in [0.4, 0.5) is 5.69 Å². The molecule has 0 radical (unpaired) electrons. The van der Waals surface area contributed by atoms with Crippen LogP contribution in [-0.4, -0.2) is 42.8 Å². The largest absolute Gasteiger partial charge is 0.497 e. The number of hydrogen-bond acceptors (Lipinski definition) is 5. The van der Waals surface area contributed by atoms with E-state index in [9.17, 15) is 14.4 Å². The van der Waals surface area contributed by atoms with Crippen molar-refractivity contribution in [2.24, 2.45) is 0 Å². The maximum atomic E-state index is 12.2. The first-order chi connectivity index (χ1) is 9.92. The first kappa shape index (κ1) is 14.8. The van der Waals surface area contributed by atoms with Crippen LogP contribution in [0.2, 0.25) is 0 Å². The Kier molecular flexibility index (Phi) is 4.11. The molecule has 0 bridgehead atoms. The summed E-state index contributed by atoms with van der Waals surface area (Å²) in [6.45, 7) is 0. The highest BCUT2D eigenvalue weighted by atomic mass is 16.5. The molecule has 21 heavy (non-hydrogen) atoms.